The van der Waals surface area contributed by atoms with Gasteiger partial charge >= 0.3 is 0 Å². The molecule has 24 heavy (non-hydrogen) atoms. The van der Waals surface area contributed by atoms with Crippen LogP contribution < -0.4 is 20.1 Å². The Morgan fingerprint density at radius 2 is 2.00 bits per heavy atom. The minimum Gasteiger partial charge on any atom is -0.497 e. The van der Waals surface area contributed by atoms with Gasteiger partial charge in [-0.1, -0.05) is 0 Å². The second kappa shape index (κ2) is 12.2. The second-order valence-corrected chi connectivity index (χ2v) is 5.31. The number of hydrogen-bond donors (Lipinski definition) is 2. The third kappa shape index (κ3) is 7.57. The third-order valence-corrected chi connectivity index (χ3v) is 3.54. The topological polar surface area (TPSA) is 64.1 Å². The summed E-state index contributed by atoms with van der Waals surface area (Å²) in [6.07, 6.45) is 2.50. The SMILES string of the molecule is CCNC(=NCC1CCCO1)NCCOc1ccc(OC)cc1.I. The molecule has 0 aromatic heterocycles. The Morgan fingerprint density at radius 1 is 1.25 bits per heavy atom. The largest absolute Gasteiger partial charge is 0.497 e. The van der Waals surface area contributed by atoms with E-state index in [4.69, 9.17) is 14.2 Å². The normalized spacial score (nSPS) is 17.1. The van der Waals surface area contributed by atoms with Crippen LogP contribution in [0.15, 0.2) is 29.3 Å². The van der Waals surface area contributed by atoms with Gasteiger partial charge in [-0.15, -0.1) is 24.0 Å². The molecule has 2 rings (SSSR count). The summed E-state index contributed by atoms with van der Waals surface area (Å²) in [6, 6.07) is 7.57. The highest BCUT2D eigenvalue weighted by molar-refractivity contribution is 14.0. The van der Waals surface area contributed by atoms with Crippen LogP contribution in [0.25, 0.3) is 0 Å². The Morgan fingerprint density at radius 3 is 2.62 bits per heavy atom. The van der Waals surface area contributed by atoms with E-state index in [0.29, 0.717) is 19.7 Å². The van der Waals surface area contributed by atoms with Crippen LogP contribution in [0, 0.1) is 0 Å². The van der Waals surface area contributed by atoms with Crippen molar-refractivity contribution >= 4 is 29.9 Å². The van der Waals surface area contributed by atoms with Crippen molar-refractivity contribution in [3.05, 3.63) is 24.3 Å². The van der Waals surface area contributed by atoms with E-state index in [9.17, 15) is 0 Å². The summed E-state index contributed by atoms with van der Waals surface area (Å²) < 4.78 is 16.4. The van der Waals surface area contributed by atoms with Gasteiger partial charge in [-0.05, 0) is 44.0 Å². The number of halogens is 1. The quantitative estimate of drug-likeness (QED) is 0.276. The van der Waals surface area contributed by atoms with Crippen LogP contribution in [-0.2, 0) is 4.74 Å². The molecule has 1 aromatic rings. The van der Waals surface area contributed by atoms with E-state index < -0.39 is 0 Å². The van der Waals surface area contributed by atoms with E-state index in [1.165, 1.54) is 0 Å². The molecule has 1 saturated heterocycles. The fourth-order valence-corrected chi connectivity index (χ4v) is 2.33. The Kier molecular flexibility index (Phi) is 10.6. The van der Waals surface area contributed by atoms with Crippen LogP contribution in [-0.4, -0.2) is 52.0 Å². The van der Waals surface area contributed by atoms with Crippen LogP contribution in [0.4, 0.5) is 0 Å². The molecule has 6 nitrogen and oxygen atoms in total. The van der Waals surface area contributed by atoms with Gasteiger partial charge in [0.05, 0.1) is 26.3 Å². The molecule has 0 saturated carbocycles. The minimum atomic E-state index is 0. The molecule has 0 spiro atoms. The van der Waals surface area contributed by atoms with E-state index >= 15 is 0 Å². The fourth-order valence-electron chi connectivity index (χ4n) is 2.33. The number of guanidine groups is 1. The Balaban J connectivity index is 0.00000288. The van der Waals surface area contributed by atoms with Gasteiger partial charge in [-0.3, -0.25) is 4.99 Å². The molecular formula is C17H28IN3O3. The minimum absolute atomic E-state index is 0. The average molecular weight is 449 g/mol. The number of nitrogens with one attached hydrogen (secondary N) is 2. The zero-order valence-corrected chi connectivity index (χ0v) is 16.7. The Labute approximate surface area is 161 Å². The zero-order chi connectivity index (χ0) is 16.3. The van der Waals surface area contributed by atoms with Crippen molar-refractivity contribution in [2.24, 2.45) is 4.99 Å². The van der Waals surface area contributed by atoms with Crippen molar-refractivity contribution in [2.75, 3.05) is 40.0 Å². The average Bonchev–Trinajstić information content (AvgIpc) is 3.10. The zero-order valence-electron chi connectivity index (χ0n) is 14.4. The second-order valence-electron chi connectivity index (χ2n) is 5.31. The number of rotatable bonds is 8. The number of ether oxygens (including phenoxy) is 3. The maximum absolute atomic E-state index is 5.69. The van der Waals surface area contributed by atoms with Gasteiger partial charge < -0.3 is 24.8 Å². The number of aliphatic imine (C=N–C) groups is 1. The summed E-state index contributed by atoms with van der Waals surface area (Å²) in [5.41, 5.74) is 0. The first-order valence-corrected chi connectivity index (χ1v) is 8.22. The van der Waals surface area contributed by atoms with Crippen LogP contribution in [0.2, 0.25) is 0 Å². The van der Waals surface area contributed by atoms with Crippen molar-refractivity contribution in [3.8, 4) is 11.5 Å². The van der Waals surface area contributed by atoms with Gasteiger partial charge in [-0.2, -0.15) is 0 Å². The predicted octanol–water partition coefficient (Wildman–Crippen LogP) is 2.43. The molecule has 0 bridgehead atoms. The molecule has 0 radical (unpaired) electrons. The highest BCUT2D eigenvalue weighted by atomic mass is 127. The van der Waals surface area contributed by atoms with Crippen molar-refractivity contribution in [1.29, 1.82) is 0 Å². The molecule has 136 valence electrons. The number of nitrogens with zero attached hydrogens (tertiary/aromatic N) is 1. The lowest BCUT2D eigenvalue weighted by atomic mass is 10.2. The molecule has 0 amide bonds. The lowest BCUT2D eigenvalue weighted by Gasteiger charge is -2.13. The summed E-state index contributed by atoms with van der Waals surface area (Å²) in [5.74, 6) is 2.46. The molecule has 1 aliphatic rings. The van der Waals surface area contributed by atoms with Gasteiger partial charge in [-0.25, -0.2) is 0 Å². The highest BCUT2D eigenvalue weighted by Gasteiger charge is 2.14. The first-order chi connectivity index (χ1) is 11.3. The van der Waals surface area contributed by atoms with E-state index in [1.54, 1.807) is 7.11 Å². The first-order valence-electron chi connectivity index (χ1n) is 8.22. The molecule has 1 fully saturated rings. The smallest absolute Gasteiger partial charge is 0.191 e. The van der Waals surface area contributed by atoms with Crippen LogP contribution in [0.5, 0.6) is 11.5 Å². The summed E-state index contributed by atoms with van der Waals surface area (Å²) in [4.78, 5) is 4.56. The standard InChI is InChI=1S/C17H27N3O3.HI/c1-3-18-17(20-13-16-5-4-11-22-16)19-10-12-23-15-8-6-14(21-2)7-9-15;/h6-9,16H,3-5,10-13H2,1-2H3,(H2,18,19,20);1H. The summed E-state index contributed by atoms with van der Waals surface area (Å²) in [6.45, 7) is 5.70. The van der Waals surface area contributed by atoms with E-state index in [-0.39, 0.29) is 30.1 Å². The Bertz CT molecular complexity index is 476. The van der Waals surface area contributed by atoms with Crippen LogP contribution in [0.1, 0.15) is 19.8 Å². The molecule has 1 aromatic carbocycles. The number of benzene rings is 1. The highest BCUT2D eigenvalue weighted by Crippen LogP contribution is 2.16. The maximum atomic E-state index is 5.69. The van der Waals surface area contributed by atoms with Crippen molar-refractivity contribution < 1.29 is 14.2 Å². The van der Waals surface area contributed by atoms with Crippen molar-refractivity contribution in [2.45, 2.75) is 25.9 Å². The molecule has 1 aliphatic heterocycles. The maximum Gasteiger partial charge on any atom is 0.191 e. The fraction of sp³-hybridized carbons (Fsp3) is 0.588. The van der Waals surface area contributed by atoms with Gasteiger partial charge in [0.1, 0.15) is 18.1 Å². The van der Waals surface area contributed by atoms with Crippen LogP contribution >= 0.6 is 24.0 Å². The summed E-state index contributed by atoms with van der Waals surface area (Å²) in [7, 11) is 1.65. The lowest BCUT2D eigenvalue weighted by molar-refractivity contribution is 0.117. The molecule has 1 heterocycles. The van der Waals surface area contributed by atoms with Crippen molar-refractivity contribution in [3.63, 3.8) is 0 Å². The van der Waals surface area contributed by atoms with Gasteiger partial charge in [0, 0.05) is 13.2 Å². The molecule has 1 atom stereocenters. The van der Waals surface area contributed by atoms with Gasteiger partial charge in [0.25, 0.3) is 0 Å². The monoisotopic (exact) mass is 449 g/mol. The lowest BCUT2D eigenvalue weighted by Crippen LogP contribution is -2.39. The van der Waals surface area contributed by atoms with E-state index in [1.807, 2.05) is 24.3 Å². The first kappa shape index (κ1) is 20.8. The molecule has 2 N–H and O–H groups in total. The van der Waals surface area contributed by atoms with E-state index in [0.717, 1.165) is 43.5 Å². The van der Waals surface area contributed by atoms with Gasteiger partial charge in [0.2, 0.25) is 0 Å². The van der Waals surface area contributed by atoms with Crippen molar-refractivity contribution in [1.82, 2.24) is 10.6 Å². The van der Waals surface area contributed by atoms with E-state index in [2.05, 4.69) is 22.5 Å². The Hall–Kier alpha value is -1.22. The van der Waals surface area contributed by atoms with Gasteiger partial charge in [0.15, 0.2) is 5.96 Å². The molecule has 0 aliphatic carbocycles. The molecular weight excluding hydrogens is 421 g/mol. The number of methoxy groups -OCH3 is 1. The van der Waals surface area contributed by atoms with Crippen LogP contribution in [0.3, 0.4) is 0 Å². The summed E-state index contributed by atoms with van der Waals surface area (Å²) in [5, 5.41) is 6.50. The molecule has 7 heteroatoms. The number of hydrogen-bond acceptors (Lipinski definition) is 4. The summed E-state index contributed by atoms with van der Waals surface area (Å²) >= 11 is 0. The third-order valence-electron chi connectivity index (χ3n) is 3.54. The molecule has 1 unspecified atom stereocenters. The predicted molar refractivity (Wildman–Crippen MR) is 107 cm³/mol.